The van der Waals surface area contributed by atoms with Crippen molar-refractivity contribution in [3.05, 3.63) is 22.7 Å². The van der Waals surface area contributed by atoms with Crippen LogP contribution in [0.5, 0.6) is 0 Å². The molecule has 1 aromatic heterocycles. The van der Waals surface area contributed by atoms with Crippen molar-refractivity contribution in [2.24, 2.45) is 0 Å². The van der Waals surface area contributed by atoms with Gasteiger partial charge in [0.1, 0.15) is 24.6 Å². The van der Waals surface area contributed by atoms with Gasteiger partial charge in [-0.1, -0.05) is 0 Å². The van der Waals surface area contributed by atoms with Gasteiger partial charge in [-0.3, -0.25) is 15.3 Å². The average Bonchev–Trinajstić information content (AvgIpc) is 2.79. The van der Waals surface area contributed by atoms with Crippen LogP contribution in [0.25, 0.3) is 0 Å². The van der Waals surface area contributed by atoms with E-state index in [1.807, 2.05) is 0 Å². The first-order valence-corrected chi connectivity index (χ1v) is 5.64. The molecule has 4 atom stereocenters. The van der Waals surface area contributed by atoms with Gasteiger partial charge in [0.15, 0.2) is 5.82 Å². The summed E-state index contributed by atoms with van der Waals surface area (Å²) in [5.41, 5.74) is 0.992. The molecule has 1 aromatic rings. The van der Waals surface area contributed by atoms with Gasteiger partial charge in [-0.2, -0.15) is 4.98 Å². The Labute approximate surface area is 107 Å². The zero-order chi connectivity index (χ0) is 14.0. The van der Waals surface area contributed by atoms with E-state index in [2.05, 4.69) is 4.98 Å². The fourth-order valence-corrected chi connectivity index (χ4v) is 1.96. The summed E-state index contributed by atoms with van der Waals surface area (Å²) < 4.78 is 19.9. The van der Waals surface area contributed by atoms with Gasteiger partial charge in [0.05, 0.1) is 6.61 Å². The van der Waals surface area contributed by atoms with Crippen LogP contribution in [-0.2, 0) is 4.74 Å². The van der Waals surface area contributed by atoms with Crippen molar-refractivity contribution >= 4 is 5.82 Å². The molecule has 1 fully saturated rings. The summed E-state index contributed by atoms with van der Waals surface area (Å²) in [5.74, 6) is -0.0389. The lowest BCUT2D eigenvalue weighted by molar-refractivity contribution is -0.0871. The smallest absolute Gasteiger partial charge is 0.351 e. The molecule has 0 bridgehead atoms. The third-order valence-electron chi connectivity index (χ3n) is 2.92. The molecule has 2 heterocycles. The second-order valence-electron chi connectivity index (χ2n) is 4.17. The number of rotatable bonds is 4. The molecule has 0 amide bonds. The molecule has 0 aromatic carbocycles. The number of hydrogen-bond donors (Lipinski definition) is 4. The van der Waals surface area contributed by atoms with Crippen molar-refractivity contribution in [1.82, 2.24) is 9.55 Å². The maximum atomic E-state index is 13.7. The SMILES string of the molecule is O=c1nc(NO)ccn1[C@H]1C[C@H](F)[C@@H]([C@@H](O)CO)O1. The van der Waals surface area contributed by atoms with E-state index in [1.165, 1.54) is 12.3 Å². The number of nitrogens with zero attached hydrogens (tertiary/aromatic N) is 2. The van der Waals surface area contributed by atoms with Gasteiger partial charge in [0.25, 0.3) is 0 Å². The molecule has 0 radical (unpaired) electrons. The maximum absolute atomic E-state index is 13.7. The first-order chi connectivity index (χ1) is 9.06. The Balaban J connectivity index is 2.18. The van der Waals surface area contributed by atoms with Crippen LogP contribution in [0.2, 0.25) is 0 Å². The van der Waals surface area contributed by atoms with Crippen LogP contribution in [0.4, 0.5) is 10.2 Å². The summed E-state index contributed by atoms with van der Waals surface area (Å²) in [6, 6.07) is 1.31. The van der Waals surface area contributed by atoms with E-state index < -0.39 is 36.9 Å². The van der Waals surface area contributed by atoms with Gasteiger partial charge < -0.3 is 14.9 Å². The molecule has 106 valence electrons. The fraction of sp³-hybridized carbons (Fsp3) is 0.600. The molecule has 9 heteroatoms. The summed E-state index contributed by atoms with van der Waals surface area (Å²) in [5, 5.41) is 26.8. The minimum atomic E-state index is -1.49. The van der Waals surface area contributed by atoms with Crippen LogP contribution in [-0.4, -0.2) is 50.0 Å². The van der Waals surface area contributed by atoms with Crippen molar-refractivity contribution in [3.8, 4) is 0 Å². The topological polar surface area (TPSA) is 117 Å². The number of anilines is 1. The normalized spacial score (nSPS) is 28.3. The summed E-state index contributed by atoms with van der Waals surface area (Å²) in [6.45, 7) is -0.627. The third kappa shape index (κ3) is 2.73. The summed E-state index contributed by atoms with van der Waals surface area (Å²) >= 11 is 0. The molecule has 0 unspecified atom stereocenters. The molecule has 8 nitrogen and oxygen atoms in total. The predicted octanol–water partition coefficient (Wildman–Crippen LogP) is -0.977. The first kappa shape index (κ1) is 13.9. The molecule has 19 heavy (non-hydrogen) atoms. The molecule has 4 N–H and O–H groups in total. The maximum Gasteiger partial charge on any atom is 0.351 e. The Morgan fingerprint density at radius 3 is 3.00 bits per heavy atom. The minimum Gasteiger partial charge on any atom is -0.394 e. The van der Waals surface area contributed by atoms with Gasteiger partial charge in [0, 0.05) is 12.6 Å². The molecule has 1 saturated heterocycles. The van der Waals surface area contributed by atoms with E-state index in [-0.39, 0.29) is 12.2 Å². The van der Waals surface area contributed by atoms with Gasteiger partial charge in [0.2, 0.25) is 0 Å². The standard InChI is InChI=1S/C10H14FN3O5/c11-5-3-8(19-9(5)6(16)4-15)14-2-1-7(13-18)12-10(14)17/h1-2,5-6,8-9,15-16,18H,3-4H2,(H,12,13,17)/t5-,6-,8+,9-/m0/s1. The monoisotopic (exact) mass is 275 g/mol. The van der Waals surface area contributed by atoms with E-state index in [9.17, 15) is 14.3 Å². The quantitative estimate of drug-likeness (QED) is 0.522. The van der Waals surface area contributed by atoms with Gasteiger partial charge in [-0.15, -0.1) is 0 Å². The Morgan fingerprint density at radius 2 is 2.42 bits per heavy atom. The lowest BCUT2D eigenvalue weighted by atomic mass is 10.1. The predicted molar refractivity (Wildman–Crippen MR) is 60.4 cm³/mol. The highest BCUT2D eigenvalue weighted by Crippen LogP contribution is 2.31. The van der Waals surface area contributed by atoms with Gasteiger partial charge in [-0.25, -0.2) is 9.18 Å². The number of alkyl halides is 1. The fourth-order valence-electron chi connectivity index (χ4n) is 1.96. The number of hydrogen-bond acceptors (Lipinski definition) is 7. The van der Waals surface area contributed by atoms with Crippen molar-refractivity contribution in [2.75, 3.05) is 12.1 Å². The molecular weight excluding hydrogens is 261 g/mol. The van der Waals surface area contributed by atoms with Gasteiger partial charge >= 0.3 is 5.69 Å². The minimum absolute atomic E-state index is 0.0389. The first-order valence-electron chi connectivity index (χ1n) is 5.64. The molecule has 1 aliphatic rings. The van der Waals surface area contributed by atoms with Crippen LogP contribution in [0.3, 0.4) is 0 Å². The number of ether oxygens (including phenoxy) is 1. The number of aliphatic hydroxyl groups is 2. The Hall–Kier alpha value is -1.55. The van der Waals surface area contributed by atoms with Crippen molar-refractivity contribution in [2.45, 2.75) is 31.0 Å². The number of aliphatic hydroxyl groups excluding tert-OH is 2. The summed E-state index contributed by atoms with van der Waals surface area (Å²) in [7, 11) is 0. The lowest BCUT2D eigenvalue weighted by Crippen LogP contribution is -2.35. The van der Waals surface area contributed by atoms with Crippen molar-refractivity contribution < 1.29 is 24.5 Å². The zero-order valence-electron chi connectivity index (χ0n) is 9.81. The molecule has 0 saturated carbocycles. The highest BCUT2D eigenvalue weighted by Gasteiger charge is 2.40. The van der Waals surface area contributed by atoms with E-state index in [1.54, 1.807) is 5.48 Å². The van der Waals surface area contributed by atoms with Crippen LogP contribution < -0.4 is 11.2 Å². The zero-order valence-corrected chi connectivity index (χ0v) is 9.81. The Kier molecular flexibility index (Phi) is 4.10. The van der Waals surface area contributed by atoms with Crippen molar-refractivity contribution in [3.63, 3.8) is 0 Å². The summed E-state index contributed by atoms with van der Waals surface area (Å²) in [4.78, 5) is 15.1. The summed E-state index contributed by atoms with van der Waals surface area (Å²) in [6.07, 6.45) is -3.77. The largest absolute Gasteiger partial charge is 0.394 e. The molecule has 0 spiro atoms. The van der Waals surface area contributed by atoms with Crippen LogP contribution >= 0.6 is 0 Å². The average molecular weight is 275 g/mol. The van der Waals surface area contributed by atoms with Gasteiger partial charge in [-0.05, 0) is 6.07 Å². The Bertz CT molecular complexity index is 496. The third-order valence-corrected chi connectivity index (χ3v) is 2.92. The van der Waals surface area contributed by atoms with E-state index >= 15 is 0 Å². The Morgan fingerprint density at radius 1 is 1.68 bits per heavy atom. The highest BCUT2D eigenvalue weighted by atomic mass is 19.1. The second-order valence-corrected chi connectivity index (χ2v) is 4.17. The number of aromatic nitrogens is 2. The van der Waals surface area contributed by atoms with E-state index in [0.29, 0.717) is 0 Å². The van der Waals surface area contributed by atoms with E-state index in [0.717, 1.165) is 4.57 Å². The molecule has 0 aliphatic carbocycles. The highest BCUT2D eigenvalue weighted by molar-refractivity contribution is 5.28. The molecular formula is C10H14FN3O5. The number of nitrogens with one attached hydrogen (secondary N) is 1. The van der Waals surface area contributed by atoms with E-state index in [4.69, 9.17) is 15.1 Å². The number of halogens is 1. The second kappa shape index (κ2) is 5.61. The molecule has 2 rings (SSSR count). The lowest BCUT2D eigenvalue weighted by Gasteiger charge is -2.18. The van der Waals surface area contributed by atoms with Crippen LogP contribution in [0.1, 0.15) is 12.6 Å². The van der Waals surface area contributed by atoms with Crippen LogP contribution in [0, 0.1) is 0 Å². The molecule has 1 aliphatic heterocycles. The van der Waals surface area contributed by atoms with Crippen LogP contribution in [0.15, 0.2) is 17.1 Å². The van der Waals surface area contributed by atoms with Crippen molar-refractivity contribution in [1.29, 1.82) is 0 Å².